The number of nitrogens with zero attached hydrogens (tertiary/aromatic N) is 2. The van der Waals surface area contributed by atoms with Crippen molar-refractivity contribution < 1.29 is 18.7 Å². The van der Waals surface area contributed by atoms with Gasteiger partial charge >= 0.3 is 6.09 Å². The molecule has 0 atom stereocenters. The summed E-state index contributed by atoms with van der Waals surface area (Å²) in [4.78, 5) is 27.7. The predicted molar refractivity (Wildman–Crippen MR) is 93.7 cm³/mol. The molecule has 0 aromatic heterocycles. The van der Waals surface area contributed by atoms with Crippen LogP contribution in [0.3, 0.4) is 0 Å². The lowest BCUT2D eigenvalue weighted by atomic mass is 10.1. The summed E-state index contributed by atoms with van der Waals surface area (Å²) in [5.74, 6) is -0.145. The van der Waals surface area contributed by atoms with Crippen molar-refractivity contribution in [2.24, 2.45) is 0 Å². The number of aryl methyl sites for hydroxylation is 1. The second-order valence-corrected chi connectivity index (χ2v) is 7.33. The first-order chi connectivity index (χ1) is 11.7. The van der Waals surface area contributed by atoms with Gasteiger partial charge in [-0.2, -0.15) is 0 Å². The van der Waals surface area contributed by atoms with Crippen molar-refractivity contribution in [3.8, 4) is 0 Å². The second kappa shape index (κ2) is 8.32. The number of piperazine rings is 1. The van der Waals surface area contributed by atoms with Gasteiger partial charge in [0.2, 0.25) is 5.91 Å². The summed E-state index contributed by atoms with van der Waals surface area (Å²) in [6, 6.07) is 6.37. The van der Waals surface area contributed by atoms with Crippen LogP contribution in [0, 0.1) is 5.82 Å². The van der Waals surface area contributed by atoms with Gasteiger partial charge in [0, 0.05) is 32.6 Å². The highest BCUT2D eigenvalue weighted by Crippen LogP contribution is 2.13. The molecule has 1 aromatic rings. The molecule has 0 N–H and O–H groups in total. The fourth-order valence-corrected chi connectivity index (χ4v) is 2.72. The van der Waals surface area contributed by atoms with Crippen LogP contribution in [0.5, 0.6) is 0 Å². The van der Waals surface area contributed by atoms with E-state index in [4.69, 9.17) is 4.74 Å². The van der Waals surface area contributed by atoms with E-state index >= 15 is 0 Å². The number of ether oxygens (including phenoxy) is 1. The van der Waals surface area contributed by atoms with E-state index in [2.05, 4.69) is 0 Å². The minimum absolute atomic E-state index is 0.103. The van der Waals surface area contributed by atoms with E-state index in [1.807, 2.05) is 20.8 Å². The van der Waals surface area contributed by atoms with Gasteiger partial charge in [-0.1, -0.05) is 12.1 Å². The summed E-state index contributed by atoms with van der Waals surface area (Å²) in [7, 11) is 0. The SMILES string of the molecule is CC(C)(C)OC(=O)N1CCN(C(=O)CCCc2ccc(F)cc2)CC1. The summed E-state index contributed by atoms with van der Waals surface area (Å²) in [5, 5.41) is 0. The van der Waals surface area contributed by atoms with Gasteiger partial charge in [0.05, 0.1) is 0 Å². The van der Waals surface area contributed by atoms with E-state index in [1.165, 1.54) is 12.1 Å². The van der Waals surface area contributed by atoms with Gasteiger partial charge in [-0.05, 0) is 51.3 Å². The summed E-state index contributed by atoms with van der Waals surface area (Å²) in [6.07, 6.45) is 1.63. The molecule has 2 rings (SSSR count). The predicted octanol–water partition coefficient (Wildman–Crippen LogP) is 3.23. The number of benzene rings is 1. The Labute approximate surface area is 148 Å². The molecule has 0 saturated carbocycles. The molecule has 0 spiro atoms. The molecule has 1 aliphatic rings. The van der Waals surface area contributed by atoms with Crippen molar-refractivity contribution in [1.82, 2.24) is 9.80 Å². The van der Waals surface area contributed by atoms with E-state index in [0.29, 0.717) is 32.6 Å². The number of hydrogen-bond acceptors (Lipinski definition) is 3. The van der Waals surface area contributed by atoms with Gasteiger partial charge in [-0.3, -0.25) is 4.79 Å². The third kappa shape index (κ3) is 6.36. The van der Waals surface area contributed by atoms with Crippen molar-refractivity contribution in [3.05, 3.63) is 35.6 Å². The lowest BCUT2D eigenvalue weighted by Gasteiger charge is -2.35. The van der Waals surface area contributed by atoms with Gasteiger partial charge in [0.25, 0.3) is 0 Å². The van der Waals surface area contributed by atoms with Crippen LogP contribution in [0.1, 0.15) is 39.2 Å². The molecule has 0 bridgehead atoms. The monoisotopic (exact) mass is 350 g/mol. The summed E-state index contributed by atoms with van der Waals surface area (Å²) < 4.78 is 18.2. The van der Waals surface area contributed by atoms with Crippen molar-refractivity contribution in [2.45, 2.75) is 45.6 Å². The second-order valence-electron chi connectivity index (χ2n) is 7.33. The lowest BCUT2D eigenvalue weighted by molar-refractivity contribution is -0.133. The molecule has 1 saturated heterocycles. The maximum Gasteiger partial charge on any atom is 0.410 e. The molecule has 6 heteroatoms. The van der Waals surface area contributed by atoms with E-state index in [1.54, 1.807) is 21.9 Å². The van der Waals surface area contributed by atoms with Gasteiger partial charge in [0.15, 0.2) is 0 Å². The number of hydrogen-bond donors (Lipinski definition) is 0. The first-order valence-electron chi connectivity index (χ1n) is 8.75. The van der Waals surface area contributed by atoms with Crippen molar-refractivity contribution in [2.75, 3.05) is 26.2 Å². The molecule has 25 heavy (non-hydrogen) atoms. The highest BCUT2D eigenvalue weighted by molar-refractivity contribution is 5.76. The van der Waals surface area contributed by atoms with E-state index in [0.717, 1.165) is 18.4 Å². The lowest BCUT2D eigenvalue weighted by Crippen LogP contribution is -2.51. The van der Waals surface area contributed by atoms with Gasteiger partial charge < -0.3 is 14.5 Å². The number of carbonyl (C=O) groups is 2. The number of rotatable bonds is 4. The Kier molecular flexibility index (Phi) is 6.39. The minimum Gasteiger partial charge on any atom is -0.444 e. The normalized spacial score (nSPS) is 15.2. The topological polar surface area (TPSA) is 49.9 Å². The fourth-order valence-electron chi connectivity index (χ4n) is 2.72. The quantitative estimate of drug-likeness (QED) is 0.838. The Morgan fingerprint density at radius 1 is 1.04 bits per heavy atom. The molecule has 0 unspecified atom stereocenters. The highest BCUT2D eigenvalue weighted by atomic mass is 19.1. The first kappa shape index (κ1) is 19.2. The van der Waals surface area contributed by atoms with E-state index in [9.17, 15) is 14.0 Å². The summed E-state index contributed by atoms with van der Waals surface area (Å²) in [5.41, 5.74) is 0.522. The molecule has 1 heterocycles. The number of halogens is 1. The molecule has 5 nitrogen and oxygen atoms in total. The zero-order valence-corrected chi connectivity index (χ0v) is 15.3. The Bertz CT molecular complexity index is 588. The van der Waals surface area contributed by atoms with Crippen molar-refractivity contribution in [3.63, 3.8) is 0 Å². The van der Waals surface area contributed by atoms with Crippen molar-refractivity contribution >= 4 is 12.0 Å². The average Bonchev–Trinajstić information content (AvgIpc) is 2.55. The smallest absolute Gasteiger partial charge is 0.410 e. The van der Waals surface area contributed by atoms with Gasteiger partial charge in [0.1, 0.15) is 11.4 Å². The first-order valence-corrected chi connectivity index (χ1v) is 8.75. The van der Waals surface area contributed by atoms with E-state index in [-0.39, 0.29) is 17.8 Å². The third-order valence-electron chi connectivity index (χ3n) is 4.05. The van der Waals surface area contributed by atoms with E-state index < -0.39 is 5.60 Å². The molecular formula is C19H27FN2O3. The van der Waals surface area contributed by atoms with Crippen LogP contribution in [-0.2, 0) is 16.0 Å². The van der Waals surface area contributed by atoms with Gasteiger partial charge in [-0.25, -0.2) is 9.18 Å². The Morgan fingerprint density at radius 3 is 2.16 bits per heavy atom. The Hall–Kier alpha value is -2.11. The molecule has 1 fully saturated rings. The van der Waals surface area contributed by atoms with Crippen LogP contribution in [-0.4, -0.2) is 53.6 Å². The molecule has 1 aromatic carbocycles. The Morgan fingerprint density at radius 2 is 1.60 bits per heavy atom. The van der Waals surface area contributed by atoms with Crippen LogP contribution in [0.4, 0.5) is 9.18 Å². The van der Waals surface area contributed by atoms with Gasteiger partial charge in [-0.15, -0.1) is 0 Å². The molecule has 1 aliphatic heterocycles. The Balaban J connectivity index is 1.70. The highest BCUT2D eigenvalue weighted by Gasteiger charge is 2.27. The fraction of sp³-hybridized carbons (Fsp3) is 0.579. The van der Waals surface area contributed by atoms with Crippen LogP contribution in [0.15, 0.2) is 24.3 Å². The molecular weight excluding hydrogens is 323 g/mol. The summed E-state index contributed by atoms with van der Waals surface area (Å²) >= 11 is 0. The van der Waals surface area contributed by atoms with Crippen LogP contribution in [0.2, 0.25) is 0 Å². The van der Waals surface area contributed by atoms with Crippen LogP contribution in [0.25, 0.3) is 0 Å². The molecule has 0 aliphatic carbocycles. The summed E-state index contributed by atoms with van der Waals surface area (Å²) in [6.45, 7) is 7.59. The number of carbonyl (C=O) groups excluding carboxylic acids is 2. The average molecular weight is 350 g/mol. The maximum absolute atomic E-state index is 12.9. The standard InChI is InChI=1S/C19H27FN2O3/c1-19(2,3)25-18(24)22-13-11-21(12-14-22)17(23)6-4-5-15-7-9-16(20)10-8-15/h7-10H,4-6,11-14H2,1-3H3. The third-order valence-corrected chi connectivity index (χ3v) is 4.05. The molecule has 2 amide bonds. The number of amides is 2. The van der Waals surface area contributed by atoms with Crippen LogP contribution < -0.4 is 0 Å². The zero-order chi connectivity index (χ0) is 18.4. The molecule has 0 radical (unpaired) electrons. The van der Waals surface area contributed by atoms with Crippen LogP contribution >= 0.6 is 0 Å². The largest absolute Gasteiger partial charge is 0.444 e. The maximum atomic E-state index is 12.9. The molecule has 138 valence electrons. The van der Waals surface area contributed by atoms with Crippen molar-refractivity contribution in [1.29, 1.82) is 0 Å². The minimum atomic E-state index is -0.510. The zero-order valence-electron chi connectivity index (χ0n) is 15.3.